The zero-order chi connectivity index (χ0) is 8.41. The molecule has 0 aromatic carbocycles. The van der Waals surface area contributed by atoms with Crippen LogP contribution in [-0.2, 0) is 0 Å². The number of rotatable bonds is 0. The molecule has 0 heterocycles. The van der Waals surface area contributed by atoms with Gasteiger partial charge in [0.05, 0.1) is 0 Å². The van der Waals surface area contributed by atoms with E-state index in [0.717, 1.165) is 5.92 Å². The third-order valence-corrected chi connectivity index (χ3v) is 0.866. The lowest BCUT2D eigenvalue weighted by Gasteiger charge is -1.53. The van der Waals surface area contributed by atoms with Crippen LogP contribution in [-0.4, -0.2) is 0 Å². The third kappa shape index (κ3) is 46.8. The Hall–Kier alpha value is -0.260. The molecule has 1 fully saturated rings. The lowest BCUT2D eigenvalue weighted by molar-refractivity contribution is 0.983. The number of hydrogen-bond donors (Lipinski definition) is 0. The van der Waals surface area contributed by atoms with E-state index in [0.29, 0.717) is 0 Å². The largest absolute Gasteiger partial charge is 0.103 e. The molecule has 0 spiro atoms. The number of hydrogen-bond acceptors (Lipinski definition) is 0. The summed E-state index contributed by atoms with van der Waals surface area (Å²) in [7, 11) is 0. The first-order valence-electron chi connectivity index (χ1n) is 4.29. The second-order valence-corrected chi connectivity index (χ2v) is 2.80. The van der Waals surface area contributed by atoms with E-state index in [2.05, 4.69) is 27.4 Å². The van der Waals surface area contributed by atoms with Gasteiger partial charge in [0.15, 0.2) is 0 Å². The average Bonchev–Trinajstić information content (AvgIpc) is 2.55. The highest BCUT2D eigenvalue weighted by Crippen LogP contribution is 2.26. The van der Waals surface area contributed by atoms with E-state index in [9.17, 15) is 0 Å². The minimum atomic E-state index is 1.08. The van der Waals surface area contributed by atoms with Gasteiger partial charge in [-0.3, -0.25) is 0 Å². The van der Waals surface area contributed by atoms with Gasteiger partial charge in [-0.05, 0) is 12.8 Å². The molecule has 0 aliphatic heterocycles. The molecule has 1 aliphatic carbocycles. The van der Waals surface area contributed by atoms with E-state index in [-0.39, 0.29) is 0 Å². The normalized spacial score (nSPS) is 13.6. The van der Waals surface area contributed by atoms with E-state index in [1.165, 1.54) is 19.3 Å². The molecule has 1 saturated carbocycles. The fourth-order valence-corrected chi connectivity index (χ4v) is 0.167. The van der Waals surface area contributed by atoms with Gasteiger partial charge in [0.1, 0.15) is 0 Å². The Morgan fingerprint density at radius 1 is 1.40 bits per heavy atom. The molecule has 0 aromatic rings. The summed E-state index contributed by atoms with van der Waals surface area (Å²) in [4.78, 5) is 0. The van der Waals surface area contributed by atoms with Crippen LogP contribution in [0.3, 0.4) is 0 Å². The molecule has 0 unspecified atom stereocenters. The topological polar surface area (TPSA) is 0 Å². The Bertz CT molecular complexity index is 51.1. The Morgan fingerprint density at radius 2 is 1.50 bits per heavy atom. The summed E-state index contributed by atoms with van der Waals surface area (Å²) in [6, 6.07) is 0. The van der Waals surface area contributed by atoms with E-state index in [1.807, 2.05) is 6.92 Å². The molecule has 1 aliphatic rings. The predicted octanol–water partition coefficient (Wildman–Crippen LogP) is 4.02. The van der Waals surface area contributed by atoms with Crippen molar-refractivity contribution in [3.63, 3.8) is 0 Å². The van der Waals surface area contributed by atoms with Gasteiger partial charge in [-0.25, -0.2) is 0 Å². The van der Waals surface area contributed by atoms with Gasteiger partial charge < -0.3 is 0 Å². The highest BCUT2D eigenvalue weighted by atomic mass is 14.2. The van der Waals surface area contributed by atoms with Crippen LogP contribution in [0.25, 0.3) is 0 Å². The van der Waals surface area contributed by atoms with Gasteiger partial charge in [0.25, 0.3) is 0 Å². The maximum atomic E-state index is 3.36. The standard InChI is InChI=1S/C4H8.C3H8.C3H6/c1-4-2-3-4;2*1-3-2/h4H,2-3H2,1H3;3H2,1-2H3;3H,1H2,2H3. The molecule has 10 heavy (non-hydrogen) atoms. The van der Waals surface area contributed by atoms with Crippen LogP contribution >= 0.6 is 0 Å². The summed E-state index contributed by atoms with van der Waals surface area (Å²) in [5.41, 5.74) is 0. The summed E-state index contributed by atoms with van der Waals surface area (Å²) in [6.45, 7) is 11.8. The molecular weight excluding hydrogens is 120 g/mol. The molecule has 62 valence electrons. The second kappa shape index (κ2) is 11.5. The Balaban J connectivity index is 0. The summed E-state index contributed by atoms with van der Waals surface area (Å²) < 4.78 is 0. The van der Waals surface area contributed by atoms with Crippen molar-refractivity contribution in [3.8, 4) is 0 Å². The molecule has 0 bridgehead atoms. The van der Waals surface area contributed by atoms with Crippen molar-refractivity contribution < 1.29 is 0 Å². The van der Waals surface area contributed by atoms with Crippen LogP contribution in [0.5, 0.6) is 0 Å². The molecule has 0 nitrogen and oxygen atoms in total. The average molecular weight is 142 g/mol. The van der Waals surface area contributed by atoms with Crippen molar-refractivity contribution in [1.29, 1.82) is 0 Å². The quantitative estimate of drug-likeness (QED) is 0.448. The monoisotopic (exact) mass is 142 g/mol. The summed E-state index contributed by atoms with van der Waals surface area (Å²) in [5, 5.41) is 0. The molecule has 0 radical (unpaired) electrons. The first kappa shape index (κ1) is 12.4. The SMILES string of the molecule is C=CC.CC1CC1.CCC. The number of allylic oxidation sites excluding steroid dienone is 1. The molecule has 0 atom stereocenters. The molecular formula is C10H22. The van der Waals surface area contributed by atoms with Crippen LogP contribution in [0.1, 0.15) is 47.0 Å². The van der Waals surface area contributed by atoms with Crippen LogP contribution in [0.2, 0.25) is 0 Å². The predicted molar refractivity (Wildman–Crippen MR) is 50.2 cm³/mol. The lowest BCUT2D eigenvalue weighted by Crippen LogP contribution is -1.42. The van der Waals surface area contributed by atoms with Crippen molar-refractivity contribution in [1.82, 2.24) is 0 Å². The van der Waals surface area contributed by atoms with Gasteiger partial charge in [-0.1, -0.05) is 46.1 Å². The Morgan fingerprint density at radius 3 is 1.50 bits per heavy atom. The molecule has 1 rings (SSSR count). The van der Waals surface area contributed by atoms with Crippen molar-refractivity contribution in [2.24, 2.45) is 5.92 Å². The van der Waals surface area contributed by atoms with Gasteiger partial charge in [0.2, 0.25) is 0 Å². The van der Waals surface area contributed by atoms with E-state index in [1.54, 1.807) is 6.08 Å². The second-order valence-electron chi connectivity index (χ2n) is 2.80. The van der Waals surface area contributed by atoms with Crippen molar-refractivity contribution in [2.45, 2.75) is 47.0 Å². The smallest absolute Gasteiger partial charge is 0.0443 e. The fourth-order valence-electron chi connectivity index (χ4n) is 0.167. The molecule has 0 N–H and O–H groups in total. The van der Waals surface area contributed by atoms with Crippen molar-refractivity contribution in [2.75, 3.05) is 0 Å². The fraction of sp³-hybridized carbons (Fsp3) is 0.800. The molecule has 0 heteroatoms. The van der Waals surface area contributed by atoms with Crippen LogP contribution in [0, 0.1) is 5.92 Å². The van der Waals surface area contributed by atoms with Crippen molar-refractivity contribution in [3.05, 3.63) is 12.7 Å². The zero-order valence-electron chi connectivity index (χ0n) is 7.98. The highest BCUT2D eigenvalue weighted by Gasteiger charge is 2.12. The minimum absolute atomic E-state index is 1.08. The molecule has 0 saturated heterocycles. The molecule has 0 amide bonds. The lowest BCUT2D eigenvalue weighted by atomic mass is 10.5. The van der Waals surface area contributed by atoms with Crippen LogP contribution < -0.4 is 0 Å². The minimum Gasteiger partial charge on any atom is -0.103 e. The maximum absolute atomic E-state index is 3.36. The van der Waals surface area contributed by atoms with E-state index in [4.69, 9.17) is 0 Å². The first-order chi connectivity index (χ1) is 4.72. The third-order valence-electron chi connectivity index (χ3n) is 0.866. The van der Waals surface area contributed by atoms with Gasteiger partial charge >= 0.3 is 0 Å². The van der Waals surface area contributed by atoms with Crippen molar-refractivity contribution >= 4 is 0 Å². The van der Waals surface area contributed by atoms with Gasteiger partial charge in [0, 0.05) is 0 Å². The van der Waals surface area contributed by atoms with E-state index >= 15 is 0 Å². The summed E-state index contributed by atoms with van der Waals surface area (Å²) in [5.74, 6) is 1.08. The van der Waals surface area contributed by atoms with Crippen LogP contribution in [0.15, 0.2) is 12.7 Å². The van der Waals surface area contributed by atoms with Crippen LogP contribution in [0.4, 0.5) is 0 Å². The van der Waals surface area contributed by atoms with Gasteiger partial charge in [-0.15, -0.1) is 6.58 Å². The summed E-state index contributed by atoms with van der Waals surface area (Å²) in [6.07, 6.45) is 5.97. The van der Waals surface area contributed by atoms with E-state index < -0.39 is 0 Å². The Kier molecular flexibility index (Phi) is 14.3. The maximum Gasteiger partial charge on any atom is -0.0443 e. The first-order valence-corrected chi connectivity index (χ1v) is 4.29. The summed E-state index contributed by atoms with van der Waals surface area (Å²) >= 11 is 0. The Labute approximate surface area is 66.3 Å². The highest BCUT2D eigenvalue weighted by molar-refractivity contribution is 4.65. The van der Waals surface area contributed by atoms with Gasteiger partial charge in [-0.2, -0.15) is 0 Å². The molecule has 0 aromatic heterocycles. The zero-order valence-corrected chi connectivity index (χ0v) is 7.98.